The zero-order valence-corrected chi connectivity index (χ0v) is 11.8. The Morgan fingerprint density at radius 2 is 1.95 bits per heavy atom. The summed E-state index contributed by atoms with van der Waals surface area (Å²) < 4.78 is 5.78. The van der Waals surface area contributed by atoms with Gasteiger partial charge in [-0.05, 0) is 19.4 Å². The van der Waals surface area contributed by atoms with Crippen molar-refractivity contribution in [3.63, 3.8) is 0 Å². The monoisotopic (exact) mass is 275 g/mol. The van der Waals surface area contributed by atoms with E-state index in [4.69, 9.17) is 9.84 Å². The molecule has 2 aromatic rings. The molecular formula is C16H21NO3. The molecule has 2 atom stereocenters. The number of aliphatic hydroxyl groups excluding tert-OH is 2. The van der Waals surface area contributed by atoms with Gasteiger partial charge in [0, 0.05) is 17.0 Å². The van der Waals surface area contributed by atoms with E-state index in [1.165, 1.54) is 0 Å². The normalized spacial score (nSPS) is 14.2. The average Bonchev–Trinajstić information content (AvgIpc) is 2.51. The minimum Gasteiger partial charge on any atom is -0.490 e. The van der Waals surface area contributed by atoms with Gasteiger partial charge in [-0.25, -0.2) is 0 Å². The minimum absolute atomic E-state index is 0.0773. The SMILES string of the molecule is CNC(C)c1ccc2ccccc2c1OCC(O)CO. The number of benzene rings is 2. The summed E-state index contributed by atoms with van der Waals surface area (Å²) in [6, 6.07) is 12.2. The van der Waals surface area contributed by atoms with Crippen LogP contribution in [0.1, 0.15) is 18.5 Å². The number of aliphatic hydroxyl groups is 2. The van der Waals surface area contributed by atoms with Crippen molar-refractivity contribution in [2.45, 2.75) is 19.1 Å². The second-order valence-electron chi connectivity index (χ2n) is 4.86. The second kappa shape index (κ2) is 6.70. The lowest BCUT2D eigenvalue weighted by molar-refractivity contribution is 0.0537. The highest BCUT2D eigenvalue weighted by Crippen LogP contribution is 2.33. The Morgan fingerprint density at radius 1 is 1.20 bits per heavy atom. The zero-order valence-electron chi connectivity index (χ0n) is 11.8. The third kappa shape index (κ3) is 3.10. The van der Waals surface area contributed by atoms with Gasteiger partial charge in [0.1, 0.15) is 18.5 Å². The van der Waals surface area contributed by atoms with Crippen molar-refractivity contribution in [2.75, 3.05) is 20.3 Å². The maximum absolute atomic E-state index is 9.49. The van der Waals surface area contributed by atoms with E-state index in [1.54, 1.807) is 0 Å². The molecule has 0 aliphatic rings. The van der Waals surface area contributed by atoms with Crippen molar-refractivity contribution in [1.29, 1.82) is 0 Å². The van der Waals surface area contributed by atoms with Crippen molar-refractivity contribution in [3.05, 3.63) is 42.0 Å². The van der Waals surface area contributed by atoms with Crippen LogP contribution in [0.3, 0.4) is 0 Å². The zero-order chi connectivity index (χ0) is 14.5. The van der Waals surface area contributed by atoms with Crippen LogP contribution >= 0.6 is 0 Å². The van der Waals surface area contributed by atoms with Crippen LogP contribution in [0.25, 0.3) is 10.8 Å². The molecule has 0 aromatic heterocycles. The summed E-state index contributed by atoms with van der Waals surface area (Å²) >= 11 is 0. The van der Waals surface area contributed by atoms with Gasteiger partial charge in [0.25, 0.3) is 0 Å². The number of fused-ring (bicyclic) bond motifs is 1. The summed E-state index contributed by atoms with van der Waals surface area (Å²) in [7, 11) is 1.90. The van der Waals surface area contributed by atoms with Gasteiger partial charge in [-0.15, -0.1) is 0 Å². The van der Waals surface area contributed by atoms with E-state index >= 15 is 0 Å². The van der Waals surface area contributed by atoms with Crippen LogP contribution in [0.15, 0.2) is 36.4 Å². The molecule has 0 radical (unpaired) electrons. The molecule has 2 rings (SSSR count). The van der Waals surface area contributed by atoms with Crippen LogP contribution in [-0.4, -0.2) is 36.6 Å². The van der Waals surface area contributed by atoms with E-state index in [9.17, 15) is 5.11 Å². The first-order valence-corrected chi connectivity index (χ1v) is 6.78. The fourth-order valence-electron chi connectivity index (χ4n) is 2.15. The molecule has 2 unspecified atom stereocenters. The Bertz CT molecular complexity index is 571. The van der Waals surface area contributed by atoms with Crippen molar-refractivity contribution in [1.82, 2.24) is 5.32 Å². The third-order valence-electron chi connectivity index (χ3n) is 3.44. The molecular weight excluding hydrogens is 254 g/mol. The second-order valence-corrected chi connectivity index (χ2v) is 4.86. The van der Waals surface area contributed by atoms with Gasteiger partial charge in [0.15, 0.2) is 0 Å². The van der Waals surface area contributed by atoms with Crippen molar-refractivity contribution in [2.24, 2.45) is 0 Å². The first-order valence-electron chi connectivity index (χ1n) is 6.78. The quantitative estimate of drug-likeness (QED) is 0.753. The predicted octanol–water partition coefficient (Wildman–Crippen LogP) is 1.85. The summed E-state index contributed by atoms with van der Waals surface area (Å²) in [4.78, 5) is 0. The van der Waals surface area contributed by atoms with Crippen molar-refractivity contribution < 1.29 is 14.9 Å². The molecule has 2 aromatic carbocycles. The number of rotatable bonds is 6. The summed E-state index contributed by atoms with van der Waals surface area (Å²) in [6.07, 6.45) is -0.869. The molecule has 20 heavy (non-hydrogen) atoms. The smallest absolute Gasteiger partial charge is 0.132 e. The molecule has 0 aliphatic carbocycles. The number of ether oxygens (including phenoxy) is 1. The van der Waals surface area contributed by atoms with Crippen LogP contribution in [0.2, 0.25) is 0 Å². The minimum atomic E-state index is -0.869. The molecule has 0 saturated heterocycles. The first-order chi connectivity index (χ1) is 9.67. The fourth-order valence-corrected chi connectivity index (χ4v) is 2.15. The largest absolute Gasteiger partial charge is 0.490 e. The summed E-state index contributed by atoms with van der Waals surface area (Å²) in [5, 5.41) is 23.7. The fraction of sp³-hybridized carbons (Fsp3) is 0.375. The maximum Gasteiger partial charge on any atom is 0.132 e. The Balaban J connectivity index is 2.44. The van der Waals surface area contributed by atoms with Crippen molar-refractivity contribution in [3.8, 4) is 5.75 Å². The molecule has 4 heteroatoms. The van der Waals surface area contributed by atoms with Crippen LogP contribution in [-0.2, 0) is 0 Å². The average molecular weight is 275 g/mol. The lowest BCUT2D eigenvalue weighted by Gasteiger charge is -2.19. The number of hydrogen-bond donors (Lipinski definition) is 3. The van der Waals surface area contributed by atoms with Gasteiger partial charge in [-0.3, -0.25) is 0 Å². The van der Waals surface area contributed by atoms with Gasteiger partial charge in [0.05, 0.1) is 6.61 Å². The topological polar surface area (TPSA) is 61.7 Å². The van der Waals surface area contributed by atoms with E-state index in [1.807, 2.05) is 37.4 Å². The van der Waals surface area contributed by atoms with Crippen LogP contribution in [0.5, 0.6) is 5.75 Å². The van der Waals surface area contributed by atoms with E-state index in [0.29, 0.717) is 0 Å². The highest BCUT2D eigenvalue weighted by Gasteiger charge is 2.15. The van der Waals surface area contributed by atoms with Crippen LogP contribution in [0.4, 0.5) is 0 Å². The van der Waals surface area contributed by atoms with Crippen LogP contribution < -0.4 is 10.1 Å². The van der Waals surface area contributed by atoms with E-state index < -0.39 is 6.10 Å². The van der Waals surface area contributed by atoms with E-state index in [-0.39, 0.29) is 19.3 Å². The molecule has 0 aliphatic heterocycles. The lowest BCUT2D eigenvalue weighted by atomic mass is 10.0. The Hall–Kier alpha value is -1.62. The molecule has 0 heterocycles. The van der Waals surface area contributed by atoms with Gasteiger partial charge in [0.2, 0.25) is 0 Å². The van der Waals surface area contributed by atoms with Gasteiger partial charge < -0.3 is 20.3 Å². The molecule has 108 valence electrons. The van der Waals surface area contributed by atoms with Gasteiger partial charge in [-0.2, -0.15) is 0 Å². The van der Waals surface area contributed by atoms with Crippen molar-refractivity contribution >= 4 is 10.8 Å². The molecule has 3 N–H and O–H groups in total. The molecule has 0 amide bonds. The highest BCUT2D eigenvalue weighted by atomic mass is 16.5. The highest BCUT2D eigenvalue weighted by molar-refractivity contribution is 5.89. The van der Waals surface area contributed by atoms with Crippen LogP contribution in [0, 0.1) is 0 Å². The van der Waals surface area contributed by atoms with E-state index in [2.05, 4.69) is 18.3 Å². The first kappa shape index (κ1) is 14.8. The predicted molar refractivity (Wildman–Crippen MR) is 80.0 cm³/mol. The summed E-state index contributed by atoms with van der Waals surface area (Å²) in [6.45, 7) is 1.83. The van der Waals surface area contributed by atoms with Gasteiger partial charge in [-0.1, -0.05) is 36.4 Å². The Kier molecular flexibility index (Phi) is 4.95. The molecule has 0 saturated carbocycles. The molecule has 0 spiro atoms. The Morgan fingerprint density at radius 3 is 2.65 bits per heavy atom. The lowest BCUT2D eigenvalue weighted by Crippen LogP contribution is -2.22. The summed E-state index contributed by atoms with van der Waals surface area (Å²) in [5.74, 6) is 0.762. The third-order valence-corrected chi connectivity index (χ3v) is 3.44. The molecule has 0 bridgehead atoms. The standard InChI is InChI=1S/C16H21NO3/c1-11(17-2)14-8-7-12-5-3-4-6-15(12)16(14)20-10-13(19)9-18/h3-8,11,13,17-19H,9-10H2,1-2H3. The van der Waals surface area contributed by atoms with E-state index in [0.717, 1.165) is 22.1 Å². The summed E-state index contributed by atoms with van der Waals surface area (Å²) in [5.41, 5.74) is 1.04. The number of hydrogen-bond acceptors (Lipinski definition) is 4. The Labute approximate surface area is 119 Å². The molecule has 4 nitrogen and oxygen atoms in total. The number of nitrogens with one attached hydrogen (secondary N) is 1. The molecule has 0 fully saturated rings. The maximum atomic E-state index is 9.49. The van der Waals surface area contributed by atoms with Gasteiger partial charge >= 0.3 is 0 Å².